The molecule has 1 N–H and O–H groups in total. The van der Waals surface area contributed by atoms with Crippen LogP contribution in [0.3, 0.4) is 0 Å². The Morgan fingerprint density at radius 3 is 2.13 bits per heavy atom. The summed E-state index contributed by atoms with van der Waals surface area (Å²) < 4.78 is 0. The maximum absolute atomic E-state index is 12.4. The second-order valence-electron chi connectivity index (χ2n) is 8.07. The van der Waals surface area contributed by atoms with E-state index in [-0.39, 0.29) is 23.7 Å². The fourth-order valence-electron chi connectivity index (χ4n) is 4.02. The van der Waals surface area contributed by atoms with Crippen LogP contribution in [0.15, 0.2) is 65.8 Å². The lowest BCUT2D eigenvalue weighted by Crippen LogP contribution is -2.48. The number of aromatic amines is 1. The smallest absolute Gasteiger partial charge is 0.232 e. The molecule has 2 unspecified atom stereocenters. The lowest BCUT2D eigenvalue weighted by atomic mass is 9.90. The van der Waals surface area contributed by atoms with E-state index in [1.54, 1.807) is 11.8 Å². The van der Waals surface area contributed by atoms with E-state index >= 15 is 0 Å². The first kappa shape index (κ1) is 21.4. The molecule has 1 aliphatic rings. The van der Waals surface area contributed by atoms with Crippen molar-refractivity contribution in [2.24, 2.45) is 11.8 Å². The van der Waals surface area contributed by atoms with Crippen LogP contribution in [0.2, 0.25) is 0 Å². The van der Waals surface area contributed by atoms with Crippen LogP contribution in [0.25, 0.3) is 22.5 Å². The second kappa shape index (κ2) is 9.52. The molecule has 2 aromatic carbocycles. The number of carbonyl (C=O) groups is 2. The van der Waals surface area contributed by atoms with Gasteiger partial charge in [-0.2, -0.15) is 0 Å². The number of rotatable bonds is 7. The van der Waals surface area contributed by atoms with Crippen LogP contribution in [0.1, 0.15) is 26.7 Å². The number of amides is 2. The van der Waals surface area contributed by atoms with Gasteiger partial charge in [-0.1, -0.05) is 86.3 Å². The molecule has 1 saturated heterocycles. The van der Waals surface area contributed by atoms with Crippen LogP contribution in [0.5, 0.6) is 0 Å². The SMILES string of the molecule is CC1CC(C)C(=O)N(CCCSc2nc(-c3ccccc3)c(-c3ccccc3)[nH]2)C1=O. The predicted octanol–water partition coefficient (Wildman–Crippen LogP) is 5.26. The number of imidazole rings is 1. The first-order valence-electron chi connectivity index (χ1n) is 10.7. The number of hydrogen-bond acceptors (Lipinski definition) is 4. The third-order valence-corrected chi connectivity index (χ3v) is 6.60. The standard InChI is InChI=1S/C25H27N3O2S/c1-17-16-18(2)24(30)28(23(17)29)14-9-15-31-25-26-21(19-10-5-3-6-11-19)22(27-25)20-12-7-4-8-13-20/h3-8,10-13,17-18H,9,14-16H2,1-2H3,(H,26,27). The number of H-pyrrole nitrogens is 1. The van der Waals surface area contributed by atoms with E-state index in [0.717, 1.165) is 39.8 Å². The molecular weight excluding hydrogens is 406 g/mol. The topological polar surface area (TPSA) is 66.1 Å². The van der Waals surface area contributed by atoms with Gasteiger partial charge in [0.25, 0.3) is 0 Å². The minimum absolute atomic E-state index is 0.0381. The van der Waals surface area contributed by atoms with Crippen molar-refractivity contribution in [1.82, 2.24) is 14.9 Å². The molecule has 31 heavy (non-hydrogen) atoms. The number of hydrogen-bond donors (Lipinski definition) is 1. The van der Waals surface area contributed by atoms with Gasteiger partial charge in [-0.15, -0.1) is 0 Å². The maximum atomic E-state index is 12.4. The molecule has 160 valence electrons. The van der Waals surface area contributed by atoms with Crippen LogP contribution >= 0.6 is 11.8 Å². The van der Waals surface area contributed by atoms with Crippen molar-refractivity contribution in [3.8, 4) is 22.5 Å². The molecular formula is C25H27N3O2S. The number of likely N-dealkylation sites (tertiary alicyclic amines) is 1. The quantitative estimate of drug-likeness (QED) is 0.314. The van der Waals surface area contributed by atoms with Gasteiger partial charge < -0.3 is 4.98 Å². The van der Waals surface area contributed by atoms with Crippen molar-refractivity contribution >= 4 is 23.6 Å². The van der Waals surface area contributed by atoms with Crippen molar-refractivity contribution in [3.05, 3.63) is 60.7 Å². The van der Waals surface area contributed by atoms with Gasteiger partial charge in [-0.25, -0.2) is 4.98 Å². The predicted molar refractivity (Wildman–Crippen MR) is 124 cm³/mol. The number of imide groups is 1. The van der Waals surface area contributed by atoms with Crippen molar-refractivity contribution < 1.29 is 9.59 Å². The van der Waals surface area contributed by atoms with E-state index in [1.807, 2.05) is 50.2 Å². The number of thioether (sulfide) groups is 1. The van der Waals surface area contributed by atoms with Crippen molar-refractivity contribution in [3.63, 3.8) is 0 Å². The van der Waals surface area contributed by atoms with Gasteiger partial charge in [0.1, 0.15) is 0 Å². The van der Waals surface area contributed by atoms with E-state index in [4.69, 9.17) is 4.98 Å². The summed E-state index contributed by atoms with van der Waals surface area (Å²) in [5.74, 6) is 0.544. The Hall–Kier alpha value is -2.86. The minimum Gasteiger partial charge on any atom is -0.332 e. The molecule has 3 aromatic rings. The third kappa shape index (κ3) is 4.74. The van der Waals surface area contributed by atoms with Crippen molar-refractivity contribution in [2.45, 2.75) is 31.8 Å². The summed E-state index contributed by atoms with van der Waals surface area (Å²) in [5.41, 5.74) is 4.08. The van der Waals surface area contributed by atoms with Crippen molar-refractivity contribution in [1.29, 1.82) is 0 Å². The molecule has 0 bridgehead atoms. The zero-order valence-corrected chi connectivity index (χ0v) is 18.7. The molecule has 1 fully saturated rings. The summed E-state index contributed by atoms with van der Waals surface area (Å²) in [6.45, 7) is 4.29. The van der Waals surface area contributed by atoms with E-state index in [9.17, 15) is 9.59 Å². The normalized spacial score (nSPS) is 19.1. The van der Waals surface area contributed by atoms with Crippen LogP contribution < -0.4 is 0 Å². The molecule has 2 atom stereocenters. The van der Waals surface area contributed by atoms with E-state index in [0.29, 0.717) is 13.0 Å². The summed E-state index contributed by atoms with van der Waals surface area (Å²) >= 11 is 1.62. The molecule has 0 radical (unpaired) electrons. The molecule has 0 spiro atoms. The lowest BCUT2D eigenvalue weighted by Gasteiger charge is -2.32. The molecule has 4 rings (SSSR count). The number of carbonyl (C=O) groups excluding carboxylic acids is 2. The van der Waals surface area contributed by atoms with Gasteiger partial charge in [0.05, 0.1) is 11.4 Å². The summed E-state index contributed by atoms with van der Waals surface area (Å²) in [6, 6.07) is 20.3. The Morgan fingerprint density at radius 2 is 1.52 bits per heavy atom. The number of benzene rings is 2. The van der Waals surface area contributed by atoms with Gasteiger partial charge in [-0.3, -0.25) is 14.5 Å². The van der Waals surface area contributed by atoms with E-state index in [1.165, 1.54) is 4.90 Å². The fourth-order valence-corrected chi connectivity index (χ4v) is 4.82. The second-order valence-corrected chi connectivity index (χ2v) is 9.15. The van der Waals surface area contributed by atoms with E-state index < -0.39 is 0 Å². The first-order valence-corrected chi connectivity index (χ1v) is 11.7. The van der Waals surface area contributed by atoms with Gasteiger partial charge >= 0.3 is 0 Å². The third-order valence-electron chi connectivity index (χ3n) is 5.64. The highest BCUT2D eigenvalue weighted by Gasteiger charge is 2.35. The zero-order valence-electron chi connectivity index (χ0n) is 17.9. The fraction of sp³-hybridized carbons (Fsp3) is 0.320. The van der Waals surface area contributed by atoms with Crippen LogP contribution in [0.4, 0.5) is 0 Å². The largest absolute Gasteiger partial charge is 0.332 e. The molecule has 2 heterocycles. The summed E-state index contributed by atoms with van der Waals surface area (Å²) in [7, 11) is 0. The van der Waals surface area contributed by atoms with Crippen molar-refractivity contribution in [2.75, 3.05) is 12.3 Å². The Balaban J connectivity index is 1.45. The summed E-state index contributed by atoms with van der Waals surface area (Å²) in [6.07, 6.45) is 1.39. The molecule has 1 aromatic heterocycles. The van der Waals surface area contributed by atoms with E-state index in [2.05, 4.69) is 29.2 Å². The maximum Gasteiger partial charge on any atom is 0.232 e. The molecule has 6 heteroatoms. The Morgan fingerprint density at radius 1 is 0.935 bits per heavy atom. The molecule has 0 saturated carbocycles. The van der Waals surface area contributed by atoms with Gasteiger partial charge in [0.2, 0.25) is 11.8 Å². The summed E-state index contributed by atoms with van der Waals surface area (Å²) in [5, 5.41) is 0.843. The Bertz CT molecular complexity index is 972. The average Bonchev–Trinajstić information content (AvgIpc) is 3.23. The number of nitrogens with one attached hydrogen (secondary N) is 1. The molecule has 2 amide bonds. The van der Waals surface area contributed by atoms with Gasteiger partial charge in [-0.05, 0) is 12.8 Å². The van der Waals surface area contributed by atoms with Gasteiger partial charge in [0.15, 0.2) is 5.16 Å². The highest BCUT2D eigenvalue weighted by Crippen LogP contribution is 2.33. The Labute approximate surface area is 187 Å². The van der Waals surface area contributed by atoms with Crippen LogP contribution in [0, 0.1) is 11.8 Å². The summed E-state index contributed by atoms with van der Waals surface area (Å²) in [4.78, 5) is 34.6. The number of nitrogens with zero attached hydrogens (tertiary/aromatic N) is 2. The molecule has 0 aliphatic carbocycles. The zero-order chi connectivity index (χ0) is 21.8. The highest BCUT2D eigenvalue weighted by atomic mass is 32.2. The highest BCUT2D eigenvalue weighted by molar-refractivity contribution is 7.99. The van der Waals surface area contributed by atoms with Crippen LogP contribution in [-0.4, -0.2) is 39.0 Å². The average molecular weight is 434 g/mol. The number of piperidine rings is 1. The number of aromatic nitrogens is 2. The molecule has 1 aliphatic heterocycles. The monoisotopic (exact) mass is 433 g/mol. The lowest BCUT2D eigenvalue weighted by molar-refractivity contribution is -0.154. The Kier molecular flexibility index (Phi) is 6.56. The van der Waals surface area contributed by atoms with Crippen LogP contribution in [-0.2, 0) is 9.59 Å². The molecule has 5 nitrogen and oxygen atoms in total. The van der Waals surface area contributed by atoms with Gasteiger partial charge in [0, 0.05) is 35.3 Å². The minimum atomic E-state index is -0.0766. The first-order chi connectivity index (χ1) is 15.0.